The van der Waals surface area contributed by atoms with Gasteiger partial charge in [-0.2, -0.15) is 0 Å². The molecular weight excluding hydrogens is 429 g/mol. The molecule has 1 aromatic rings. The van der Waals surface area contributed by atoms with Gasteiger partial charge in [0.1, 0.15) is 5.76 Å². The maximum absolute atomic E-state index is 5.43. The lowest BCUT2D eigenvalue weighted by molar-refractivity contribution is 0.157. The number of likely N-dealkylation sites (tertiary alicyclic amines) is 1. The molecule has 1 atom stereocenters. The first-order valence-corrected chi connectivity index (χ1v) is 9.38. The fourth-order valence-electron chi connectivity index (χ4n) is 3.45. The Morgan fingerprint density at radius 1 is 1.24 bits per heavy atom. The number of piperidine rings is 1. The standard InChI is InChI=1S/C18H33N5O.HI/c1-5-16-15(17(6-2)24-22-16)13-21-18(19-4)20-12-14-10-8-9-11-23(14)7-3;/h14H,5-13H2,1-4H3,(H2,19,20,21);1H. The average molecular weight is 463 g/mol. The van der Waals surface area contributed by atoms with Gasteiger partial charge in [0, 0.05) is 38.2 Å². The quantitative estimate of drug-likeness (QED) is 0.370. The molecule has 1 fully saturated rings. The minimum atomic E-state index is 0. The number of aliphatic imine (C=N–C) groups is 1. The number of halogens is 1. The molecular formula is C18H34IN5O. The van der Waals surface area contributed by atoms with Crippen molar-refractivity contribution in [2.24, 2.45) is 4.99 Å². The van der Waals surface area contributed by atoms with Crippen LogP contribution in [0.15, 0.2) is 9.52 Å². The minimum absolute atomic E-state index is 0. The Labute approximate surface area is 169 Å². The molecule has 0 spiro atoms. The van der Waals surface area contributed by atoms with E-state index in [1.807, 2.05) is 7.05 Å². The third kappa shape index (κ3) is 6.13. The Balaban J connectivity index is 0.00000312. The van der Waals surface area contributed by atoms with Gasteiger partial charge in [-0.05, 0) is 32.4 Å². The maximum atomic E-state index is 5.43. The minimum Gasteiger partial charge on any atom is -0.361 e. The normalized spacial score (nSPS) is 18.7. The van der Waals surface area contributed by atoms with Crippen LogP contribution >= 0.6 is 24.0 Å². The average Bonchev–Trinajstić information content (AvgIpc) is 3.04. The van der Waals surface area contributed by atoms with E-state index >= 15 is 0 Å². The molecule has 0 amide bonds. The van der Waals surface area contributed by atoms with Crippen LogP contribution in [0.2, 0.25) is 0 Å². The van der Waals surface area contributed by atoms with Crippen LogP contribution in [0.25, 0.3) is 0 Å². The molecule has 1 saturated heterocycles. The Bertz CT molecular complexity index is 510. The molecule has 0 radical (unpaired) electrons. The number of rotatable bonds is 7. The molecule has 6 nitrogen and oxygen atoms in total. The summed E-state index contributed by atoms with van der Waals surface area (Å²) >= 11 is 0. The van der Waals surface area contributed by atoms with Gasteiger partial charge in [0.05, 0.1) is 5.69 Å². The van der Waals surface area contributed by atoms with Crippen LogP contribution in [0.4, 0.5) is 0 Å². The van der Waals surface area contributed by atoms with Crippen LogP contribution in [-0.2, 0) is 19.4 Å². The zero-order chi connectivity index (χ0) is 17.4. The summed E-state index contributed by atoms with van der Waals surface area (Å²) in [7, 11) is 1.82. The van der Waals surface area contributed by atoms with Crippen molar-refractivity contribution in [3.8, 4) is 0 Å². The molecule has 2 N–H and O–H groups in total. The molecule has 1 unspecified atom stereocenters. The number of aromatic nitrogens is 1. The number of hydrogen-bond donors (Lipinski definition) is 2. The van der Waals surface area contributed by atoms with Gasteiger partial charge in [0.25, 0.3) is 0 Å². The summed E-state index contributed by atoms with van der Waals surface area (Å²) in [5.41, 5.74) is 2.22. The van der Waals surface area contributed by atoms with Crippen LogP contribution in [0.1, 0.15) is 57.1 Å². The van der Waals surface area contributed by atoms with Gasteiger partial charge >= 0.3 is 0 Å². The molecule has 2 rings (SSSR count). The first kappa shape index (κ1) is 22.2. The van der Waals surface area contributed by atoms with Crippen molar-refractivity contribution in [2.75, 3.05) is 26.7 Å². The molecule has 7 heteroatoms. The van der Waals surface area contributed by atoms with Crippen molar-refractivity contribution in [3.63, 3.8) is 0 Å². The summed E-state index contributed by atoms with van der Waals surface area (Å²) in [6, 6.07) is 0.607. The molecule has 1 aromatic heterocycles. The smallest absolute Gasteiger partial charge is 0.191 e. The molecule has 144 valence electrons. The lowest BCUT2D eigenvalue weighted by atomic mass is 10.0. The molecule has 1 aliphatic rings. The molecule has 25 heavy (non-hydrogen) atoms. The van der Waals surface area contributed by atoms with Crippen molar-refractivity contribution < 1.29 is 4.52 Å². The SMILES string of the molecule is CCc1noc(CC)c1CNC(=NC)NCC1CCCCN1CC.I. The Hall–Kier alpha value is -0.830. The van der Waals surface area contributed by atoms with Crippen molar-refractivity contribution >= 4 is 29.9 Å². The molecule has 1 aliphatic heterocycles. The van der Waals surface area contributed by atoms with Crippen molar-refractivity contribution in [1.29, 1.82) is 0 Å². The fraction of sp³-hybridized carbons (Fsp3) is 0.778. The third-order valence-corrected chi connectivity index (χ3v) is 4.92. The highest BCUT2D eigenvalue weighted by atomic mass is 127. The zero-order valence-electron chi connectivity index (χ0n) is 16.1. The monoisotopic (exact) mass is 463 g/mol. The van der Waals surface area contributed by atoms with Crippen LogP contribution < -0.4 is 10.6 Å². The van der Waals surface area contributed by atoms with Crippen LogP contribution in [0.3, 0.4) is 0 Å². The van der Waals surface area contributed by atoms with E-state index in [1.165, 1.54) is 31.4 Å². The predicted octanol–water partition coefficient (Wildman–Crippen LogP) is 2.96. The highest BCUT2D eigenvalue weighted by Gasteiger charge is 2.21. The Morgan fingerprint density at radius 3 is 2.68 bits per heavy atom. The van der Waals surface area contributed by atoms with E-state index in [9.17, 15) is 0 Å². The van der Waals surface area contributed by atoms with Gasteiger partial charge in [0.15, 0.2) is 5.96 Å². The van der Waals surface area contributed by atoms with E-state index in [2.05, 4.69) is 46.5 Å². The predicted molar refractivity (Wildman–Crippen MR) is 114 cm³/mol. The number of nitrogens with one attached hydrogen (secondary N) is 2. The van der Waals surface area contributed by atoms with E-state index in [0.29, 0.717) is 12.6 Å². The maximum Gasteiger partial charge on any atom is 0.191 e. The second kappa shape index (κ2) is 11.7. The lowest BCUT2D eigenvalue weighted by Crippen LogP contribution is -2.48. The molecule has 0 saturated carbocycles. The first-order valence-electron chi connectivity index (χ1n) is 9.38. The number of hydrogen-bond acceptors (Lipinski definition) is 4. The van der Waals surface area contributed by atoms with E-state index in [-0.39, 0.29) is 24.0 Å². The summed E-state index contributed by atoms with van der Waals surface area (Å²) in [5, 5.41) is 11.1. The van der Waals surface area contributed by atoms with Crippen LogP contribution in [-0.4, -0.2) is 48.7 Å². The summed E-state index contributed by atoms with van der Waals surface area (Å²) in [6.45, 7) is 10.4. The van der Waals surface area contributed by atoms with Crippen molar-refractivity contribution in [2.45, 2.75) is 65.5 Å². The number of aryl methyl sites for hydroxylation is 2. The van der Waals surface area contributed by atoms with Crippen molar-refractivity contribution in [3.05, 3.63) is 17.0 Å². The first-order chi connectivity index (χ1) is 11.7. The number of likely N-dealkylation sites (N-methyl/N-ethyl adjacent to an activating group) is 1. The van der Waals surface area contributed by atoms with Crippen molar-refractivity contribution in [1.82, 2.24) is 20.7 Å². The van der Waals surface area contributed by atoms with Gasteiger partial charge < -0.3 is 15.2 Å². The number of guanidine groups is 1. The molecule has 0 aliphatic carbocycles. The summed E-state index contributed by atoms with van der Waals surface area (Å²) < 4.78 is 5.43. The van der Waals surface area contributed by atoms with Gasteiger partial charge in [-0.25, -0.2) is 0 Å². The Morgan fingerprint density at radius 2 is 2.04 bits per heavy atom. The van der Waals surface area contributed by atoms with E-state index in [4.69, 9.17) is 4.52 Å². The summed E-state index contributed by atoms with van der Waals surface area (Å²) in [4.78, 5) is 6.92. The van der Waals surface area contributed by atoms with Gasteiger partial charge in [-0.3, -0.25) is 9.89 Å². The van der Waals surface area contributed by atoms with Gasteiger partial charge in [-0.1, -0.05) is 32.3 Å². The van der Waals surface area contributed by atoms with E-state index < -0.39 is 0 Å². The lowest BCUT2D eigenvalue weighted by Gasteiger charge is -2.35. The number of nitrogens with zero attached hydrogens (tertiary/aromatic N) is 3. The second-order valence-corrected chi connectivity index (χ2v) is 6.32. The Kier molecular flexibility index (Phi) is 10.4. The van der Waals surface area contributed by atoms with E-state index in [0.717, 1.165) is 43.3 Å². The van der Waals surface area contributed by atoms with Crippen LogP contribution in [0.5, 0.6) is 0 Å². The highest BCUT2D eigenvalue weighted by Crippen LogP contribution is 2.16. The second-order valence-electron chi connectivity index (χ2n) is 6.32. The zero-order valence-corrected chi connectivity index (χ0v) is 18.4. The highest BCUT2D eigenvalue weighted by molar-refractivity contribution is 14.0. The molecule has 0 aromatic carbocycles. The molecule has 2 heterocycles. The van der Waals surface area contributed by atoms with Gasteiger partial charge in [-0.15, -0.1) is 24.0 Å². The largest absolute Gasteiger partial charge is 0.361 e. The topological polar surface area (TPSA) is 65.7 Å². The van der Waals surface area contributed by atoms with Gasteiger partial charge in [0.2, 0.25) is 0 Å². The summed E-state index contributed by atoms with van der Waals surface area (Å²) in [6.07, 6.45) is 5.67. The van der Waals surface area contributed by atoms with E-state index in [1.54, 1.807) is 0 Å². The summed E-state index contributed by atoms with van der Waals surface area (Å²) in [5.74, 6) is 1.82. The third-order valence-electron chi connectivity index (χ3n) is 4.92. The van der Waals surface area contributed by atoms with Crippen LogP contribution in [0, 0.1) is 0 Å². The molecule has 0 bridgehead atoms. The fourth-order valence-corrected chi connectivity index (χ4v) is 3.45.